The van der Waals surface area contributed by atoms with Crippen LogP contribution in [0.15, 0.2) is 47.0 Å². The molecule has 10 nitrogen and oxygen atoms in total. The highest BCUT2D eigenvalue weighted by atomic mass is 16.5. The lowest BCUT2D eigenvalue weighted by molar-refractivity contribution is 0.0309. The lowest BCUT2D eigenvalue weighted by Crippen LogP contribution is -2.49. The zero-order chi connectivity index (χ0) is 27.4. The van der Waals surface area contributed by atoms with Gasteiger partial charge in [-0.3, -0.25) is 4.79 Å². The van der Waals surface area contributed by atoms with E-state index in [1.165, 1.54) is 12.1 Å². The number of phenolic OH excluding ortho intramolecular Hbond substituents is 2. The fraction of sp³-hybridized carbons (Fsp3) is 0.414. The Kier molecular flexibility index (Phi) is 8.00. The summed E-state index contributed by atoms with van der Waals surface area (Å²) in [6, 6.07) is 12.9. The summed E-state index contributed by atoms with van der Waals surface area (Å²) in [4.78, 5) is 15.5. The normalized spacial score (nSPS) is 20.3. The van der Waals surface area contributed by atoms with E-state index in [4.69, 9.17) is 19.3 Å². The molecule has 3 N–H and O–H groups in total. The van der Waals surface area contributed by atoms with Crippen molar-refractivity contribution in [3.63, 3.8) is 0 Å². The van der Waals surface area contributed by atoms with E-state index in [1.54, 1.807) is 31.4 Å². The average molecular weight is 533 g/mol. The first-order valence-electron chi connectivity index (χ1n) is 13.2. The molecule has 5 rings (SSSR count). The molecule has 0 radical (unpaired) electrons. The van der Waals surface area contributed by atoms with Gasteiger partial charge < -0.3 is 34.4 Å². The number of rotatable bonds is 7. The number of likely N-dealkylation sites (tertiary alicyclic amines) is 1. The van der Waals surface area contributed by atoms with Gasteiger partial charge in [-0.2, -0.15) is 5.26 Å². The van der Waals surface area contributed by atoms with Crippen molar-refractivity contribution in [1.82, 2.24) is 15.4 Å². The van der Waals surface area contributed by atoms with Crippen LogP contribution >= 0.6 is 0 Å². The van der Waals surface area contributed by atoms with Gasteiger partial charge in [0.15, 0.2) is 11.5 Å². The molecule has 1 aliphatic heterocycles. The van der Waals surface area contributed by atoms with Gasteiger partial charge >= 0.3 is 0 Å². The summed E-state index contributed by atoms with van der Waals surface area (Å²) >= 11 is 0. The van der Waals surface area contributed by atoms with Crippen LogP contribution in [0.5, 0.6) is 23.0 Å². The fourth-order valence-electron chi connectivity index (χ4n) is 5.45. The third-order valence-electron chi connectivity index (χ3n) is 7.62. The van der Waals surface area contributed by atoms with Crippen molar-refractivity contribution in [3.8, 4) is 40.4 Å². The van der Waals surface area contributed by atoms with Gasteiger partial charge in [-0.15, -0.1) is 0 Å². The molecule has 2 fully saturated rings. The van der Waals surface area contributed by atoms with Crippen LogP contribution in [-0.2, 0) is 4.74 Å². The maximum absolute atomic E-state index is 13.0. The number of piperidine rings is 1. The molecule has 0 unspecified atom stereocenters. The highest BCUT2D eigenvalue weighted by molar-refractivity contribution is 5.93. The van der Waals surface area contributed by atoms with E-state index >= 15 is 0 Å². The van der Waals surface area contributed by atoms with Crippen LogP contribution in [0.2, 0.25) is 0 Å². The molecule has 0 atom stereocenters. The number of carbonyl (C=O) groups excluding carboxylic acids is 1. The van der Waals surface area contributed by atoms with Crippen LogP contribution < -0.4 is 10.1 Å². The molecule has 39 heavy (non-hydrogen) atoms. The maximum atomic E-state index is 13.0. The molecule has 0 bridgehead atoms. The molecule has 2 aromatic carbocycles. The van der Waals surface area contributed by atoms with Crippen LogP contribution in [0.1, 0.15) is 54.6 Å². The Balaban J connectivity index is 1.23. The molecule has 1 amide bonds. The topological polar surface area (TPSA) is 141 Å². The number of hydrogen-bond donors (Lipinski definition) is 3. The summed E-state index contributed by atoms with van der Waals surface area (Å²) in [6.07, 6.45) is 6.61. The Morgan fingerprint density at radius 3 is 2.46 bits per heavy atom. The minimum absolute atomic E-state index is 0.0431. The predicted molar refractivity (Wildman–Crippen MR) is 142 cm³/mol. The average Bonchev–Trinajstić information content (AvgIpc) is 3.43. The Morgan fingerprint density at radius 1 is 1.08 bits per heavy atom. The molecular weight excluding hydrogens is 500 g/mol. The van der Waals surface area contributed by atoms with Crippen LogP contribution in [0.25, 0.3) is 11.3 Å². The quantitative estimate of drug-likeness (QED) is 0.399. The molecule has 204 valence electrons. The summed E-state index contributed by atoms with van der Waals surface area (Å²) in [6.45, 7) is 1.88. The first kappa shape index (κ1) is 26.5. The molecule has 3 aromatic rings. The SMILES string of the molecule is COC1CCC(N2CCC(NC(=O)c3cc(-c4c(O)cc(O)cc4Oc4ccc(C#N)cc4)on3)CC2)CC1. The summed E-state index contributed by atoms with van der Waals surface area (Å²) in [7, 11) is 1.79. The Labute approximate surface area is 226 Å². The molecule has 0 spiro atoms. The third-order valence-corrected chi connectivity index (χ3v) is 7.62. The molecule has 2 heterocycles. The number of nitriles is 1. The Hall–Kier alpha value is -4.07. The number of aromatic hydroxyl groups is 2. The van der Waals surface area contributed by atoms with E-state index in [2.05, 4.69) is 15.4 Å². The molecule has 10 heteroatoms. The third kappa shape index (κ3) is 6.16. The van der Waals surface area contributed by atoms with Crippen molar-refractivity contribution in [1.29, 1.82) is 5.26 Å². The van der Waals surface area contributed by atoms with Gasteiger partial charge in [-0.05, 0) is 62.8 Å². The number of benzene rings is 2. The van der Waals surface area contributed by atoms with Gasteiger partial charge in [0.2, 0.25) is 0 Å². The Morgan fingerprint density at radius 2 is 1.79 bits per heavy atom. The van der Waals surface area contributed by atoms with Gasteiger partial charge in [-0.25, -0.2) is 0 Å². The number of hydrogen-bond acceptors (Lipinski definition) is 9. The summed E-state index contributed by atoms with van der Waals surface area (Å²) < 4.78 is 16.8. The van der Waals surface area contributed by atoms with Gasteiger partial charge in [0.25, 0.3) is 5.91 Å². The van der Waals surface area contributed by atoms with E-state index in [-0.39, 0.29) is 46.2 Å². The predicted octanol–water partition coefficient (Wildman–Crippen LogP) is 4.57. The van der Waals surface area contributed by atoms with E-state index in [0.717, 1.165) is 57.7 Å². The summed E-state index contributed by atoms with van der Waals surface area (Å²) in [5.41, 5.74) is 0.689. The van der Waals surface area contributed by atoms with Crippen molar-refractivity contribution in [2.45, 2.75) is 56.7 Å². The molecule has 1 saturated carbocycles. The van der Waals surface area contributed by atoms with E-state index < -0.39 is 0 Å². The van der Waals surface area contributed by atoms with Crippen molar-refractivity contribution >= 4 is 5.91 Å². The highest BCUT2D eigenvalue weighted by Crippen LogP contribution is 2.43. The van der Waals surface area contributed by atoms with Crippen molar-refractivity contribution in [2.75, 3.05) is 20.2 Å². The second-order valence-electron chi connectivity index (χ2n) is 10.1. The summed E-state index contributed by atoms with van der Waals surface area (Å²) in [5.74, 6) is -0.258. The van der Waals surface area contributed by atoms with Crippen LogP contribution in [-0.4, -0.2) is 64.6 Å². The van der Waals surface area contributed by atoms with E-state index in [0.29, 0.717) is 23.5 Å². The molecule has 2 aliphatic rings. The van der Waals surface area contributed by atoms with Crippen LogP contribution in [0.3, 0.4) is 0 Å². The number of aromatic nitrogens is 1. The van der Waals surface area contributed by atoms with E-state index in [9.17, 15) is 15.0 Å². The second-order valence-corrected chi connectivity index (χ2v) is 10.1. The molecular formula is C29H32N4O6. The Bertz CT molecular complexity index is 1330. The van der Waals surface area contributed by atoms with Crippen molar-refractivity contribution < 1.29 is 29.0 Å². The number of amides is 1. The standard InChI is InChI=1S/C29H32N4O6/c1-37-22-8-4-20(5-9-22)33-12-10-19(11-13-33)31-29(36)24-16-27(39-32-24)28-25(35)14-21(34)15-26(28)38-23-6-2-18(17-30)3-7-23/h2-3,6-7,14-16,19-20,22,34-35H,4-5,8-13H2,1H3,(H,31,36). The van der Waals surface area contributed by atoms with Crippen molar-refractivity contribution in [3.05, 3.63) is 53.7 Å². The number of nitrogens with one attached hydrogen (secondary N) is 1. The zero-order valence-electron chi connectivity index (χ0n) is 21.8. The smallest absolute Gasteiger partial charge is 0.273 e. The van der Waals surface area contributed by atoms with Gasteiger partial charge in [0, 0.05) is 50.5 Å². The monoisotopic (exact) mass is 532 g/mol. The van der Waals surface area contributed by atoms with Gasteiger partial charge in [-0.1, -0.05) is 5.16 Å². The van der Waals surface area contributed by atoms with E-state index in [1.807, 2.05) is 6.07 Å². The number of phenols is 2. The van der Waals surface area contributed by atoms with Crippen molar-refractivity contribution in [2.24, 2.45) is 0 Å². The fourth-order valence-corrected chi connectivity index (χ4v) is 5.45. The molecule has 1 aromatic heterocycles. The number of ether oxygens (including phenoxy) is 2. The van der Waals surface area contributed by atoms with Gasteiger partial charge in [0.05, 0.1) is 17.7 Å². The number of carbonyl (C=O) groups is 1. The molecule has 1 saturated heterocycles. The van der Waals surface area contributed by atoms with Crippen LogP contribution in [0, 0.1) is 11.3 Å². The second kappa shape index (κ2) is 11.8. The first-order chi connectivity index (χ1) is 18.9. The summed E-state index contributed by atoms with van der Waals surface area (Å²) in [5, 5.41) is 36.6. The number of methoxy groups -OCH3 is 1. The first-order valence-corrected chi connectivity index (χ1v) is 13.2. The van der Waals surface area contributed by atoms with Gasteiger partial charge in [0.1, 0.15) is 28.6 Å². The number of nitrogens with zero attached hydrogens (tertiary/aromatic N) is 3. The largest absolute Gasteiger partial charge is 0.508 e. The lowest BCUT2D eigenvalue weighted by Gasteiger charge is -2.40. The molecule has 1 aliphatic carbocycles. The van der Waals surface area contributed by atoms with Crippen LogP contribution in [0.4, 0.5) is 0 Å². The zero-order valence-corrected chi connectivity index (χ0v) is 21.8. The highest BCUT2D eigenvalue weighted by Gasteiger charge is 2.30. The lowest BCUT2D eigenvalue weighted by atomic mass is 9.90. The minimum Gasteiger partial charge on any atom is -0.508 e. The minimum atomic E-state index is -0.350. The maximum Gasteiger partial charge on any atom is 0.273 e.